The van der Waals surface area contributed by atoms with E-state index in [0.717, 1.165) is 11.0 Å². The Bertz CT molecular complexity index is 308. The quantitative estimate of drug-likeness (QED) is 0.640. The predicted molar refractivity (Wildman–Crippen MR) is 70.4 cm³/mol. The van der Waals surface area contributed by atoms with Crippen molar-refractivity contribution in [2.24, 2.45) is 0 Å². The third-order valence-electron chi connectivity index (χ3n) is 2.17. The zero-order chi connectivity index (χ0) is 11.1. The van der Waals surface area contributed by atoms with E-state index in [1.54, 1.807) is 0 Å². The van der Waals surface area contributed by atoms with Gasteiger partial charge in [-0.3, -0.25) is 0 Å². The Morgan fingerprint density at radius 3 is 2.60 bits per heavy atom. The number of halogens is 2. The lowest BCUT2D eigenvalue weighted by molar-refractivity contribution is 0.617. The maximum Gasteiger partial charge on any atom is 0.0404 e. The summed E-state index contributed by atoms with van der Waals surface area (Å²) in [7, 11) is 0. The SMILES string of the molecule is CC(NC/C=C/CCl)c1ccc(Br)cc1. The zero-order valence-corrected chi connectivity index (χ0v) is 11.1. The second-order valence-electron chi connectivity index (χ2n) is 3.31. The summed E-state index contributed by atoms with van der Waals surface area (Å²) in [6.45, 7) is 3.00. The van der Waals surface area contributed by atoms with Crippen LogP contribution in [0, 0.1) is 0 Å². The van der Waals surface area contributed by atoms with Crippen LogP contribution in [0.5, 0.6) is 0 Å². The highest BCUT2D eigenvalue weighted by atomic mass is 79.9. The van der Waals surface area contributed by atoms with Crippen LogP contribution in [0.25, 0.3) is 0 Å². The first-order valence-electron chi connectivity index (χ1n) is 4.94. The summed E-state index contributed by atoms with van der Waals surface area (Å²) in [5.41, 5.74) is 1.29. The van der Waals surface area contributed by atoms with Crippen LogP contribution in [0.4, 0.5) is 0 Å². The van der Waals surface area contributed by atoms with Gasteiger partial charge in [0.25, 0.3) is 0 Å². The highest BCUT2D eigenvalue weighted by molar-refractivity contribution is 9.10. The van der Waals surface area contributed by atoms with Crippen molar-refractivity contribution in [3.05, 3.63) is 46.5 Å². The largest absolute Gasteiger partial charge is 0.307 e. The van der Waals surface area contributed by atoms with Crippen LogP contribution in [-0.2, 0) is 0 Å². The first-order valence-corrected chi connectivity index (χ1v) is 6.26. The summed E-state index contributed by atoms with van der Waals surface area (Å²) in [6, 6.07) is 8.71. The van der Waals surface area contributed by atoms with Crippen LogP contribution >= 0.6 is 27.5 Å². The van der Waals surface area contributed by atoms with Gasteiger partial charge in [-0.25, -0.2) is 0 Å². The van der Waals surface area contributed by atoms with Crippen LogP contribution in [-0.4, -0.2) is 12.4 Å². The van der Waals surface area contributed by atoms with Crippen molar-refractivity contribution >= 4 is 27.5 Å². The minimum absolute atomic E-state index is 0.359. The van der Waals surface area contributed by atoms with Gasteiger partial charge in [0.05, 0.1) is 0 Å². The molecule has 1 rings (SSSR count). The number of hydrogen-bond donors (Lipinski definition) is 1. The van der Waals surface area contributed by atoms with Gasteiger partial charge in [-0.2, -0.15) is 0 Å². The molecule has 82 valence electrons. The molecule has 0 aliphatic carbocycles. The molecule has 3 heteroatoms. The lowest BCUT2D eigenvalue weighted by atomic mass is 10.1. The first-order chi connectivity index (χ1) is 7.24. The molecule has 0 bridgehead atoms. The Hall–Kier alpha value is -0.310. The molecule has 0 saturated heterocycles. The van der Waals surface area contributed by atoms with E-state index in [9.17, 15) is 0 Å². The van der Waals surface area contributed by atoms with E-state index >= 15 is 0 Å². The standard InChI is InChI=1S/C12H15BrClN/c1-10(15-9-3-2-8-14)11-4-6-12(13)7-5-11/h2-7,10,15H,8-9H2,1H3/b3-2+. The predicted octanol–water partition coefficient (Wildman–Crippen LogP) is 3.89. The monoisotopic (exact) mass is 287 g/mol. The summed E-state index contributed by atoms with van der Waals surface area (Å²) in [5, 5.41) is 3.39. The molecule has 0 fully saturated rings. The van der Waals surface area contributed by atoms with Crippen LogP contribution in [0.3, 0.4) is 0 Å². The number of nitrogens with one attached hydrogen (secondary N) is 1. The summed E-state index contributed by atoms with van der Waals surface area (Å²) >= 11 is 8.95. The average molecular weight is 289 g/mol. The van der Waals surface area contributed by atoms with Crippen molar-refractivity contribution < 1.29 is 0 Å². The van der Waals surface area contributed by atoms with Crippen LogP contribution in [0.1, 0.15) is 18.5 Å². The van der Waals surface area contributed by atoms with E-state index in [0.29, 0.717) is 11.9 Å². The van der Waals surface area contributed by atoms with E-state index in [1.807, 2.05) is 12.2 Å². The van der Waals surface area contributed by atoms with E-state index in [2.05, 4.69) is 52.4 Å². The fraction of sp³-hybridized carbons (Fsp3) is 0.333. The summed E-state index contributed by atoms with van der Waals surface area (Å²) in [4.78, 5) is 0. The average Bonchev–Trinajstić information content (AvgIpc) is 2.25. The molecule has 0 amide bonds. The van der Waals surface area contributed by atoms with Gasteiger partial charge in [0.2, 0.25) is 0 Å². The lowest BCUT2D eigenvalue weighted by Gasteiger charge is -2.12. The number of rotatable bonds is 5. The van der Waals surface area contributed by atoms with Gasteiger partial charge in [-0.05, 0) is 24.6 Å². The van der Waals surface area contributed by atoms with Gasteiger partial charge in [-0.15, -0.1) is 11.6 Å². The second kappa shape index (κ2) is 7.04. The molecule has 1 nitrogen and oxygen atoms in total. The minimum Gasteiger partial charge on any atom is -0.307 e. The first kappa shape index (κ1) is 12.8. The summed E-state index contributed by atoms with van der Waals surface area (Å²) in [5.74, 6) is 0.578. The van der Waals surface area contributed by atoms with Crippen molar-refractivity contribution in [3.63, 3.8) is 0 Å². The molecule has 0 radical (unpaired) electrons. The number of benzene rings is 1. The van der Waals surface area contributed by atoms with Crippen molar-refractivity contribution in [2.45, 2.75) is 13.0 Å². The Balaban J connectivity index is 2.43. The summed E-state index contributed by atoms with van der Waals surface area (Å²) in [6.07, 6.45) is 3.99. The summed E-state index contributed by atoms with van der Waals surface area (Å²) < 4.78 is 1.11. The van der Waals surface area contributed by atoms with E-state index < -0.39 is 0 Å². The molecule has 0 spiro atoms. The van der Waals surface area contributed by atoms with Crippen molar-refractivity contribution in [2.75, 3.05) is 12.4 Å². The van der Waals surface area contributed by atoms with Crippen LogP contribution < -0.4 is 5.32 Å². The number of allylic oxidation sites excluding steroid dienone is 1. The Labute approximate surface area is 105 Å². The number of alkyl halides is 1. The number of hydrogen-bond acceptors (Lipinski definition) is 1. The minimum atomic E-state index is 0.359. The highest BCUT2D eigenvalue weighted by Gasteiger charge is 2.02. The smallest absolute Gasteiger partial charge is 0.0404 e. The maximum absolute atomic E-state index is 5.53. The molecule has 0 heterocycles. The molecule has 1 aromatic carbocycles. The molecule has 0 saturated carbocycles. The molecule has 1 atom stereocenters. The second-order valence-corrected chi connectivity index (χ2v) is 4.53. The molecule has 1 unspecified atom stereocenters. The lowest BCUT2D eigenvalue weighted by Crippen LogP contribution is -2.18. The Morgan fingerprint density at radius 1 is 1.33 bits per heavy atom. The Morgan fingerprint density at radius 2 is 2.00 bits per heavy atom. The van der Waals surface area contributed by atoms with Gasteiger partial charge < -0.3 is 5.32 Å². The third-order valence-corrected chi connectivity index (χ3v) is 2.87. The third kappa shape index (κ3) is 4.83. The van der Waals surface area contributed by atoms with E-state index in [-0.39, 0.29) is 0 Å². The van der Waals surface area contributed by atoms with Crippen molar-refractivity contribution in [1.82, 2.24) is 5.32 Å². The van der Waals surface area contributed by atoms with Gasteiger partial charge in [0.15, 0.2) is 0 Å². The molecule has 0 aromatic heterocycles. The highest BCUT2D eigenvalue weighted by Crippen LogP contribution is 2.16. The van der Waals surface area contributed by atoms with Crippen LogP contribution in [0.15, 0.2) is 40.9 Å². The fourth-order valence-corrected chi connectivity index (χ4v) is 1.65. The van der Waals surface area contributed by atoms with Gasteiger partial charge in [0.1, 0.15) is 0 Å². The topological polar surface area (TPSA) is 12.0 Å². The molecule has 1 aromatic rings. The van der Waals surface area contributed by atoms with Gasteiger partial charge >= 0.3 is 0 Å². The molecule has 1 N–H and O–H groups in total. The molecular formula is C12H15BrClN. The maximum atomic E-state index is 5.53. The van der Waals surface area contributed by atoms with Gasteiger partial charge in [0, 0.05) is 22.9 Å². The molecule has 0 aliphatic rings. The van der Waals surface area contributed by atoms with Gasteiger partial charge in [-0.1, -0.05) is 40.2 Å². The van der Waals surface area contributed by atoms with Crippen molar-refractivity contribution in [1.29, 1.82) is 0 Å². The molecular weight excluding hydrogens is 273 g/mol. The van der Waals surface area contributed by atoms with E-state index in [1.165, 1.54) is 5.56 Å². The Kier molecular flexibility index (Phi) is 5.99. The normalized spacial score (nSPS) is 13.3. The zero-order valence-electron chi connectivity index (χ0n) is 8.71. The molecule has 0 aliphatic heterocycles. The van der Waals surface area contributed by atoms with E-state index in [4.69, 9.17) is 11.6 Å². The molecule has 15 heavy (non-hydrogen) atoms. The van der Waals surface area contributed by atoms with Crippen molar-refractivity contribution in [3.8, 4) is 0 Å². The van der Waals surface area contributed by atoms with Crippen LogP contribution in [0.2, 0.25) is 0 Å². The fourth-order valence-electron chi connectivity index (χ4n) is 1.26.